The van der Waals surface area contributed by atoms with Crippen LogP contribution >= 0.6 is 23.4 Å². The van der Waals surface area contributed by atoms with Crippen molar-refractivity contribution >= 4 is 29.1 Å². The van der Waals surface area contributed by atoms with E-state index >= 15 is 0 Å². The molecule has 0 aliphatic carbocycles. The molecule has 0 saturated heterocycles. The van der Waals surface area contributed by atoms with Crippen LogP contribution in [0.15, 0.2) is 34.7 Å². The van der Waals surface area contributed by atoms with Crippen molar-refractivity contribution in [2.75, 3.05) is 11.5 Å². The van der Waals surface area contributed by atoms with Crippen LogP contribution in [0.25, 0.3) is 0 Å². The summed E-state index contributed by atoms with van der Waals surface area (Å²) in [6.45, 7) is 0. The molecule has 0 heterocycles. The highest BCUT2D eigenvalue weighted by molar-refractivity contribution is 7.99. The highest BCUT2D eigenvalue weighted by Crippen LogP contribution is 2.21. The molecule has 0 spiro atoms. The number of anilines is 1. The molecule has 1 aromatic carbocycles. The minimum absolute atomic E-state index is 0.308. The Morgan fingerprint density at radius 3 is 2.85 bits per heavy atom. The van der Waals surface area contributed by atoms with Gasteiger partial charge in [-0.2, -0.15) is 0 Å². The third-order valence-electron chi connectivity index (χ3n) is 1.33. The third-order valence-corrected chi connectivity index (χ3v) is 2.44. The lowest BCUT2D eigenvalue weighted by Gasteiger charge is -2.00. The predicted octanol–water partition coefficient (Wildman–Crippen LogP) is 3.25. The van der Waals surface area contributed by atoms with Crippen molar-refractivity contribution < 1.29 is 4.39 Å². The summed E-state index contributed by atoms with van der Waals surface area (Å²) in [5.74, 6) is 0.407. The molecule has 70 valence electrons. The zero-order valence-corrected chi connectivity index (χ0v) is 8.41. The monoisotopic (exact) mass is 217 g/mol. The van der Waals surface area contributed by atoms with E-state index in [4.69, 9.17) is 17.3 Å². The molecule has 0 atom stereocenters. The zero-order chi connectivity index (χ0) is 9.68. The van der Waals surface area contributed by atoms with Crippen LogP contribution in [0.4, 0.5) is 10.1 Å². The molecule has 0 bridgehead atoms. The van der Waals surface area contributed by atoms with Gasteiger partial charge in [0.05, 0.1) is 0 Å². The van der Waals surface area contributed by atoms with Crippen LogP contribution < -0.4 is 5.73 Å². The minimum Gasteiger partial charge on any atom is -0.399 e. The Hall–Kier alpha value is -0.670. The standard InChI is InChI=1S/C9H9ClFNS/c10-2-1-3-13-9-5-7(11)4-8(12)6-9/h1-2,4-6H,3,12H2/b2-1+. The second kappa shape index (κ2) is 5.14. The first-order valence-electron chi connectivity index (χ1n) is 3.66. The van der Waals surface area contributed by atoms with Gasteiger partial charge in [-0.1, -0.05) is 17.7 Å². The molecule has 0 aliphatic heterocycles. The van der Waals surface area contributed by atoms with E-state index in [-0.39, 0.29) is 5.82 Å². The van der Waals surface area contributed by atoms with E-state index in [9.17, 15) is 4.39 Å². The third kappa shape index (κ3) is 3.70. The number of nitrogens with two attached hydrogens (primary N) is 1. The van der Waals surface area contributed by atoms with Gasteiger partial charge in [0.15, 0.2) is 0 Å². The second-order valence-corrected chi connectivity index (χ2v) is 3.74. The van der Waals surface area contributed by atoms with Crippen LogP contribution in [0.2, 0.25) is 0 Å². The van der Waals surface area contributed by atoms with Crippen molar-refractivity contribution in [3.05, 3.63) is 35.6 Å². The van der Waals surface area contributed by atoms with Crippen molar-refractivity contribution in [2.45, 2.75) is 4.90 Å². The lowest BCUT2D eigenvalue weighted by molar-refractivity contribution is 0.625. The van der Waals surface area contributed by atoms with Gasteiger partial charge < -0.3 is 5.73 Å². The fourth-order valence-corrected chi connectivity index (χ4v) is 1.84. The normalized spacial score (nSPS) is 10.9. The molecule has 1 nitrogen and oxygen atoms in total. The van der Waals surface area contributed by atoms with E-state index in [2.05, 4.69) is 0 Å². The van der Waals surface area contributed by atoms with E-state index in [0.29, 0.717) is 11.4 Å². The lowest BCUT2D eigenvalue weighted by Crippen LogP contribution is -1.87. The number of hydrogen-bond donors (Lipinski definition) is 1. The Labute approximate surface area is 85.8 Å². The zero-order valence-electron chi connectivity index (χ0n) is 6.84. The Balaban J connectivity index is 2.66. The number of nitrogen functional groups attached to an aromatic ring is 1. The molecule has 0 fully saturated rings. The number of hydrogen-bond acceptors (Lipinski definition) is 2. The summed E-state index contributed by atoms with van der Waals surface area (Å²) < 4.78 is 12.8. The van der Waals surface area contributed by atoms with Crippen LogP contribution in [0.1, 0.15) is 0 Å². The summed E-state index contributed by atoms with van der Waals surface area (Å²) >= 11 is 6.82. The highest BCUT2D eigenvalue weighted by atomic mass is 35.5. The van der Waals surface area contributed by atoms with Gasteiger partial charge in [-0.3, -0.25) is 0 Å². The Morgan fingerprint density at radius 1 is 1.46 bits per heavy atom. The molecule has 0 radical (unpaired) electrons. The molecule has 0 aromatic heterocycles. The Bertz CT molecular complexity index is 294. The molecular weight excluding hydrogens is 209 g/mol. The summed E-state index contributed by atoms with van der Waals surface area (Å²) in [6, 6.07) is 4.47. The quantitative estimate of drug-likeness (QED) is 0.621. The summed E-state index contributed by atoms with van der Waals surface area (Å²) in [4.78, 5) is 0.812. The maximum atomic E-state index is 12.8. The van der Waals surface area contributed by atoms with Gasteiger partial charge in [-0.25, -0.2) is 4.39 Å². The maximum Gasteiger partial charge on any atom is 0.126 e. The van der Waals surface area contributed by atoms with E-state index in [1.54, 1.807) is 12.1 Å². The van der Waals surface area contributed by atoms with Crippen molar-refractivity contribution in [1.82, 2.24) is 0 Å². The van der Waals surface area contributed by atoms with Crippen LogP contribution in [0.3, 0.4) is 0 Å². The van der Waals surface area contributed by atoms with Gasteiger partial charge in [-0.05, 0) is 18.2 Å². The second-order valence-electron chi connectivity index (χ2n) is 2.39. The molecule has 0 aliphatic rings. The largest absolute Gasteiger partial charge is 0.399 e. The first-order valence-corrected chi connectivity index (χ1v) is 5.08. The summed E-state index contributed by atoms with van der Waals surface area (Å²) in [5.41, 5.74) is 7.35. The molecule has 0 unspecified atom stereocenters. The molecule has 0 amide bonds. The molecule has 2 N–H and O–H groups in total. The van der Waals surface area contributed by atoms with Crippen molar-refractivity contribution in [3.63, 3.8) is 0 Å². The van der Waals surface area contributed by atoms with E-state index in [1.165, 1.54) is 29.4 Å². The van der Waals surface area contributed by atoms with Crippen molar-refractivity contribution in [1.29, 1.82) is 0 Å². The SMILES string of the molecule is Nc1cc(F)cc(SC/C=C/Cl)c1. The molecule has 1 aromatic rings. The van der Waals surface area contributed by atoms with Crippen LogP contribution in [-0.4, -0.2) is 5.75 Å². The van der Waals surface area contributed by atoms with E-state index in [1.807, 2.05) is 0 Å². The average molecular weight is 218 g/mol. The fraction of sp³-hybridized carbons (Fsp3) is 0.111. The van der Waals surface area contributed by atoms with Gasteiger partial charge in [0.1, 0.15) is 5.82 Å². The first-order chi connectivity index (χ1) is 6.22. The van der Waals surface area contributed by atoms with Crippen molar-refractivity contribution in [2.24, 2.45) is 0 Å². The number of halogens is 2. The number of rotatable bonds is 3. The Kier molecular flexibility index (Phi) is 4.12. The Morgan fingerprint density at radius 2 is 2.23 bits per heavy atom. The van der Waals surface area contributed by atoms with Gasteiger partial charge in [0.25, 0.3) is 0 Å². The van der Waals surface area contributed by atoms with Crippen LogP contribution in [0.5, 0.6) is 0 Å². The fourth-order valence-electron chi connectivity index (χ4n) is 0.848. The highest BCUT2D eigenvalue weighted by Gasteiger charge is 1.97. The van der Waals surface area contributed by atoms with E-state index < -0.39 is 0 Å². The summed E-state index contributed by atoms with van der Waals surface area (Å²) in [5, 5.41) is 0. The number of benzene rings is 1. The van der Waals surface area contributed by atoms with Gasteiger partial charge in [0, 0.05) is 21.9 Å². The predicted molar refractivity (Wildman–Crippen MR) is 56.5 cm³/mol. The van der Waals surface area contributed by atoms with E-state index in [0.717, 1.165) is 4.90 Å². The molecule has 0 saturated carbocycles. The van der Waals surface area contributed by atoms with Crippen molar-refractivity contribution in [3.8, 4) is 0 Å². The van der Waals surface area contributed by atoms with Crippen LogP contribution in [0, 0.1) is 5.82 Å². The van der Waals surface area contributed by atoms with Gasteiger partial charge >= 0.3 is 0 Å². The molecule has 1 rings (SSSR count). The molecule has 13 heavy (non-hydrogen) atoms. The van der Waals surface area contributed by atoms with Gasteiger partial charge in [0.2, 0.25) is 0 Å². The lowest BCUT2D eigenvalue weighted by atomic mass is 10.3. The summed E-state index contributed by atoms with van der Waals surface area (Å²) in [7, 11) is 0. The minimum atomic E-state index is -0.308. The summed E-state index contributed by atoms with van der Waals surface area (Å²) in [6.07, 6.45) is 1.79. The molecule has 4 heteroatoms. The smallest absolute Gasteiger partial charge is 0.126 e. The van der Waals surface area contributed by atoms with Gasteiger partial charge in [-0.15, -0.1) is 11.8 Å². The average Bonchev–Trinajstić information content (AvgIpc) is 2.03. The van der Waals surface area contributed by atoms with Crippen LogP contribution in [-0.2, 0) is 0 Å². The first kappa shape index (κ1) is 10.4. The maximum absolute atomic E-state index is 12.8. The molecular formula is C9H9ClFNS. The number of thioether (sulfide) groups is 1. The topological polar surface area (TPSA) is 26.0 Å².